The van der Waals surface area contributed by atoms with E-state index in [0.717, 1.165) is 29.9 Å². The van der Waals surface area contributed by atoms with E-state index in [4.69, 9.17) is 5.26 Å². The Morgan fingerprint density at radius 2 is 2.04 bits per heavy atom. The molecule has 1 aliphatic carbocycles. The van der Waals surface area contributed by atoms with Gasteiger partial charge in [-0.15, -0.1) is 0 Å². The van der Waals surface area contributed by atoms with E-state index in [1.165, 1.54) is 12.1 Å². The molecule has 0 spiro atoms. The van der Waals surface area contributed by atoms with Gasteiger partial charge in [0.2, 0.25) is 0 Å². The minimum atomic E-state index is -0.256. The standard InChI is InChI=1S/C20H22FN3O/c1-3-23(19-6-4-18(21)5-7-19)12-15-8-14(2)24(20(25)9-15)13-17-10-16(17)11-22/h4-9,16-17H,3,10,12-13H2,1-2H3/t16-,17-/m1/s1. The molecular weight excluding hydrogens is 317 g/mol. The van der Waals surface area contributed by atoms with Gasteiger partial charge in [0.25, 0.3) is 5.56 Å². The fourth-order valence-corrected chi connectivity index (χ4v) is 3.22. The number of nitrogens with zero attached hydrogens (tertiary/aromatic N) is 3. The monoisotopic (exact) mass is 339 g/mol. The molecule has 25 heavy (non-hydrogen) atoms. The van der Waals surface area contributed by atoms with Crippen molar-refractivity contribution in [1.82, 2.24) is 4.57 Å². The van der Waals surface area contributed by atoms with Crippen molar-refractivity contribution in [1.29, 1.82) is 5.26 Å². The minimum Gasteiger partial charge on any atom is -0.367 e. The molecule has 0 bridgehead atoms. The summed E-state index contributed by atoms with van der Waals surface area (Å²) in [5, 5.41) is 8.92. The molecule has 4 nitrogen and oxygen atoms in total. The van der Waals surface area contributed by atoms with Gasteiger partial charge in [0, 0.05) is 37.1 Å². The Balaban J connectivity index is 1.77. The molecule has 0 radical (unpaired) electrons. The van der Waals surface area contributed by atoms with Crippen molar-refractivity contribution in [2.75, 3.05) is 11.4 Å². The molecule has 5 heteroatoms. The third-order valence-corrected chi connectivity index (χ3v) is 4.85. The Morgan fingerprint density at radius 3 is 2.60 bits per heavy atom. The lowest BCUT2D eigenvalue weighted by Gasteiger charge is -2.24. The molecule has 1 aromatic carbocycles. The van der Waals surface area contributed by atoms with Crippen LogP contribution >= 0.6 is 0 Å². The molecule has 1 aromatic heterocycles. The number of anilines is 1. The third kappa shape index (κ3) is 3.90. The van der Waals surface area contributed by atoms with E-state index in [-0.39, 0.29) is 17.3 Å². The predicted octanol–water partition coefficient (Wildman–Crippen LogP) is 3.48. The highest BCUT2D eigenvalue weighted by Gasteiger charge is 2.37. The maximum Gasteiger partial charge on any atom is 0.251 e. The van der Waals surface area contributed by atoms with Gasteiger partial charge in [-0.3, -0.25) is 4.79 Å². The molecule has 3 rings (SSSR count). The second-order valence-corrected chi connectivity index (χ2v) is 6.68. The molecule has 1 aliphatic rings. The number of rotatable bonds is 6. The van der Waals surface area contributed by atoms with Gasteiger partial charge in [-0.2, -0.15) is 5.26 Å². The van der Waals surface area contributed by atoms with E-state index >= 15 is 0 Å². The normalized spacial score (nSPS) is 18.6. The highest BCUT2D eigenvalue weighted by molar-refractivity contribution is 5.46. The van der Waals surface area contributed by atoms with Crippen molar-refractivity contribution < 1.29 is 4.39 Å². The summed E-state index contributed by atoms with van der Waals surface area (Å²) >= 11 is 0. The van der Waals surface area contributed by atoms with Gasteiger partial charge in [-0.05, 0) is 62.1 Å². The fourth-order valence-electron chi connectivity index (χ4n) is 3.22. The van der Waals surface area contributed by atoms with Crippen LogP contribution in [-0.2, 0) is 13.1 Å². The average Bonchev–Trinajstić information content (AvgIpc) is 3.35. The van der Waals surface area contributed by atoms with Crippen LogP contribution in [0.15, 0.2) is 41.2 Å². The van der Waals surface area contributed by atoms with E-state index in [9.17, 15) is 9.18 Å². The van der Waals surface area contributed by atoms with Gasteiger partial charge < -0.3 is 9.47 Å². The largest absolute Gasteiger partial charge is 0.367 e. The van der Waals surface area contributed by atoms with E-state index < -0.39 is 0 Å². The highest BCUT2D eigenvalue weighted by atomic mass is 19.1. The van der Waals surface area contributed by atoms with Crippen LogP contribution in [0.4, 0.5) is 10.1 Å². The molecule has 1 fully saturated rings. The van der Waals surface area contributed by atoms with Crippen LogP contribution in [0, 0.1) is 35.9 Å². The predicted molar refractivity (Wildman–Crippen MR) is 95.8 cm³/mol. The van der Waals surface area contributed by atoms with Gasteiger partial charge in [0.1, 0.15) is 5.82 Å². The molecule has 1 heterocycles. The topological polar surface area (TPSA) is 49.0 Å². The summed E-state index contributed by atoms with van der Waals surface area (Å²) in [5.41, 5.74) is 2.77. The molecule has 0 aliphatic heterocycles. The Morgan fingerprint density at radius 1 is 1.32 bits per heavy atom. The van der Waals surface area contributed by atoms with Gasteiger partial charge in [0.15, 0.2) is 0 Å². The van der Waals surface area contributed by atoms with Gasteiger partial charge in [-0.1, -0.05) is 0 Å². The number of benzene rings is 1. The summed E-state index contributed by atoms with van der Waals surface area (Å²) in [6, 6.07) is 12.4. The fraction of sp³-hybridized carbons (Fsp3) is 0.400. The summed E-state index contributed by atoms with van der Waals surface area (Å²) in [4.78, 5) is 14.6. The lowest BCUT2D eigenvalue weighted by molar-refractivity contribution is 0.575. The Kier molecular flexibility index (Phi) is 4.89. The van der Waals surface area contributed by atoms with Crippen LogP contribution in [0.3, 0.4) is 0 Å². The van der Waals surface area contributed by atoms with E-state index in [2.05, 4.69) is 11.0 Å². The number of nitriles is 1. The lowest BCUT2D eigenvalue weighted by Crippen LogP contribution is -2.27. The molecule has 0 saturated heterocycles. The quantitative estimate of drug-likeness (QED) is 0.809. The van der Waals surface area contributed by atoms with E-state index in [0.29, 0.717) is 19.0 Å². The molecule has 0 amide bonds. The first-order chi connectivity index (χ1) is 12.0. The van der Waals surface area contributed by atoms with E-state index in [1.54, 1.807) is 22.8 Å². The number of hydrogen-bond acceptors (Lipinski definition) is 3. The van der Waals surface area contributed by atoms with Crippen LogP contribution in [0.1, 0.15) is 24.6 Å². The molecule has 130 valence electrons. The van der Waals surface area contributed by atoms with Crippen molar-refractivity contribution >= 4 is 5.69 Å². The zero-order valence-corrected chi connectivity index (χ0v) is 14.6. The van der Waals surface area contributed by atoms with Crippen LogP contribution in [0.2, 0.25) is 0 Å². The number of pyridine rings is 1. The first kappa shape index (κ1) is 17.2. The summed E-state index contributed by atoms with van der Waals surface area (Å²) < 4.78 is 14.9. The van der Waals surface area contributed by atoms with Crippen LogP contribution in [-0.4, -0.2) is 11.1 Å². The molecule has 0 unspecified atom stereocenters. The van der Waals surface area contributed by atoms with Crippen LogP contribution < -0.4 is 10.5 Å². The molecular formula is C20H22FN3O. The number of hydrogen-bond donors (Lipinski definition) is 0. The maximum atomic E-state index is 13.1. The third-order valence-electron chi connectivity index (χ3n) is 4.85. The summed E-state index contributed by atoms with van der Waals surface area (Å²) in [7, 11) is 0. The summed E-state index contributed by atoms with van der Waals surface area (Å²) in [6.07, 6.45) is 0.887. The van der Waals surface area contributed by atoms with Crippen molar-refractivity contribution in [3.8, 4) is 6.07 Å². The van der Waals surface area contributed by atoms with Crippen molar-refractivity contribution in [3.63, 3.8) is 0 Å². The first-order valence-corrected chi connectivity index (χ1v) is 8.62. The average molecular weight is 339 g/mol. The first-order valence-electron chi connectivity index (χ1n) is 8.62. The number of aromatic nitrogens is 1. The molecule has 0 N–H and O–H groups in total. The minimum absolute atomic E-state index is 0.0197. The summed E-state index contributed by atoms with van der Waals surface area (Å²) in [6.45, 7) is 5.96. The Hall–Kier alpha value is -2.61. The number of halogens is 1. The SMILES string of the molecule is CCN(Cc1cc(C)n(C[C@H]2C[C@@H]2C#N)c(=O)c1)c1ccc(F)cc1. The van der Waals surface area contributed by atoms with Crippen molar-refractivity contribution in [2.45, 2.75) is 33.4 Å². The lowest BCUT2D eigenvalue weighted by atomic mass is 10.2. The number of aryl methyl sites for hydroxylation is 1. The summed E-state index contributed by atoms with van der Waals surface area (Å²) in [5.74, 6) is 0.146. The van der Waals surface area contributed by atoms with Crippen molar-refractivity contribution in [2.24, 2.45) is 11.8 Å². The van der Waals surface area contributed by atoms with Gasteiger partial charge >= 0.3 is 0 Å². The zero-order valence-electron chi connectivity index (χ0n) is 14.6. The zero-order chi connectivity index (χ0) is 18.0. The second-order valence-electron chi connectivity index (χ2n) is 6.68. The Bertz CT molecular complexity index is 851. The van der Waals surface area contributed by atoms with Gasteiger partial charge in [0.05, 0.1) is 12.0 Å². The van der Waals surface area contributed by atoms with Gasteiger partial charge in [-0.25, -0.2) is 4.39 Å². The molecule has 1 saturated carbocycles. The smallest absolute Gasteiger partial charge is 0.251 e. The maximum absolute atomic E-state index is 13.1. The van der Waals surface area contributed by atoms with Crippen LogP contribution in [0.5, 0.6) is 0 Å². The molecule has 2 aromatic rings. The highest BCUT2D eigenvalue weighted by Crippen LogP contribution is 2.38. The Labute approximate surface area is 147 Å². The van der Waals surface area contributed by atoms with Crippen molar-refractivity contribution in [3.05, 3.63) is 63.8 Å². The molecule has 2 atom stereocenters. The van der Waals surface area contributed by atoms with E-state index in [1.807, 2.05) is 19.9 Å². The van der Waals surface area contributed by atoms with Crippen LogP contribution in [0.25, 0.3) is 0 Å². The second kappa shape index (κ2) is 7.10.